The molecule has 0 spiro atoms. The molecule has 0 atom stereocenters. The van der Waals surface area contributed by atoms with Gasteiger partial charge in [0, 0.05) is 15.6 Å². The molecule has 88 valence electrons. The summed E-state index contributed by atoms with van der Waals surface area (Å²) in [7, 11) is 0. The molecule has 0 bridgehead atoms. The second kappa shape index (κ2) is 5.92. The Hall–Kier alpha value is -2.22. The topological polar surface area (TPSA) is 48.8 Å². The number of halogens is 1. The van der Waals surface area contributed by atoms with Crippen molar-refractivity contribution < 1.29 is 0 Å². The highest BCUT2D eigenvalue weighted by Gasteiger charge is 1.95. The van der Waals surface area contributed by atoms with Crippen molar-refractivity contribution in [2.75, 3.05) is 0 Å². The molecule has 0 saturated carbocycles. The summed E-state index contributed by atoms with van der Waals surface area (Å²) in [5, 5.41) is 4.35. The zero-order valence-electron chi connectivity index (χ0n) is 9.49. The van der Waals surface area contributed by atoms with E-state index >= 15 is 0 Å². The summed E-state index contributed by atoms with van der Waals surface area (Å²) in [6.45, 7) is 0. The van der Waals surface area contributed by atoms with Crippen LogP contribution >= 0.6 is 11.6 Å². The minimum atomic E-state index is 0.616. The molecule has 0 aliphatic carbocycles. The van der Waals surface area contributed by atoms with Gasteiger partial charge in [-0.3, -0.25) is 0 Å². The van der Waals surface area contributed by atoms with Crippen LogP contribution in [0.15, 0.2) is 53.6 Å². The molecule has 0 fully saturated rings. The standard InChI is InChI=1S/C14H10ClN3/c15-13-9-6-11(7-10-13)5-8-12-3-1-2-4-14(12)17-18-16/h1-10H/b8-5+. The predicted octanol–water partition coefficient (Wildman–Crippen LogP) is 5.45. The smallest absolute Gasteiger partial charge is 0.0447 e. The number of benzene rings is 2. The minimum absolute atomic E-state index is 0.616. The number of rotatable bonds is 3. The largest absolute Gasteiger partial charge is 0.0843 e. The van der Waals surface area contributed by atoms with Crippen LogP contribution < -0.4 is 0 Å². The molecule has 0 heterocycles. The first-order valence-corrected chi connectivity index (χ1v) is 5.75. The molecule has 0 radical (unpaired) electrons. The average Bonchev–Trinajstić information content (AvgIpc) is 2.40. The second-order valence-corrected chi connectivity index (χ2v) is 4.07. The minimum Gasteiger partial charge on any atom is -0.0843 e. The van der Waals surface area contributed by atoms with Gasteiger partial charge in [0.25, 0.3) is 0 Å². The highest BCUT2D eigenvalue weighted by atomic mass is 35.5. The maximum atomic E-state index is 8.48. The molecule has 2 aromatic carbocycles. The molecule has 0 aliphatic rings. The van der Waals surface area contributed by atoms with Gasteiger partial charge in [0.2, 0.25) is 0 Å². The Morgan fingerprint density at radius 3 is 2.44 bits per heavy atom. The SMILES string of the molecule is [N-]=[N+]=Nc1ccccc1/C=C/c1ccc(Cl)cc1. The van der Waals surface area contributed by atoms with Crippen molar-refractivity contribution in [2.24, 2.45) is 5.11 Å². The van der Waals surface area contributed by atoms with Crippen molar-refractivity contribution in [1.82, 2.24) is 0 Å². The molecule has 2 aromatic rings. The first-order valence-electron chi connectivity index (χ1n) is 5.37. The molecule has 0 amide bonds. The van der Waals surface area contributed by atoms with Gasteiger partial charge in [0.15, 0.2) is 0 Å². The quantitative estimate of drug-likeness (QED) is 0.303. The molecular formula is C14H10ClN3. The maximum absolute atomic E-state index is 8.48. The summed E-state index contributed by atoms with van der Waals surface area (Å²) in [6, 6.07) is 14.9. The first kappa shape index (κ1) is 12.2. The monoisotopic (exact) mass is 255 g/mol. The van der Waals surface area contributed by atoms with E-state index in [1.54, 1.807) is 6.07 Å². The zero-order chi connectivity index (χ0) is 12.8. The Kier molecular flexibility index (Phi) is 4.02. The molecule has 0 aromatic heterocycles. The van der Waals surface area contributed by atoms with E-state index < -0.39 is 0 Å². The maximum Gasteiger partial charge on any atom is 0.0447 e. The van der Waals surface area contributed by atoms with Crippen molar-refractivity contribution in [3.63, 3.8) is 0 Å². The Labute approximate surface area is 110 Å². The molecule has 2 rings (SSSR count). The van der Waals surface area contributed by atoms with Crippen molar-refractivity contribution in [3.05, 3.63) is 75.1 Å². The third-order valence-electron chi connectivity index (χ3n) is 2.41. The summed E-state index contributed by atoms with van der Waals surface area (Å²) in [6.07, 6.45) is 3.86. The summed E-state index contributed by atoms with van der Waals surface area (Å²) in [5.74, 6) is 0. The number of azide groups is 1. The fraction of sp³-hybridized carbons (Fsp3) is 0. The van der Waals surface area contributed by atoms with E-state index in [4.69, 9.17) is 17.1 Å². The lowest BCUT2D eigenvalue weighted by Crippen LogP contribution is -1.74. The predicted molar refractivity (Wildman–Crippen MR) is 75.6 cm³/mol. The van der Waals surface area contributed by atoms with Gasteiger partial charge in [-0.25, -0.2) is 0 Å². The highest BCUT2D eigenvalue weighted by molar-refractivity contribution is 6.30. The van der Waals surface area contributed by atoms with Crippen LogP contribution in [-0.2, 0) is 0 Å². The van der Waals surface area contributed by atoms with Crippen LogP contribution in [0.4, 0.5) is 5.69 Å². The van der Waals surface area contributed by atoms with Crippen molar-refractivity contribution in [2.45, 2.75) is 0 Å². The van der Waals surface area contributed by atoms with Gasteiger partial charge in [-0.15, -0.1) is 0 Å². The van der Waals surface area contributed by atoms with Gasteiger partial charge in [0.1, 0.15) is 0 Å². The summed E-state index contributed by atoms with van der Waals surface area (Å²) < 4.78 is 0. The summed E-state index contributed by atoms with van der Waals surface area (Å²) in [4.78, 5) is 2.81. The van der Waals surface area contributed by atoms with Gasteiger partial charge in [-0.2, -0.15) is 0 Å². The van der Waals surface area contributed by atoms with Gasteiger partial charge in [-0.05, 0) is 28.8 Å². The van der Waals surface area contributed by atoms with Crippen molar-refractivity contribution in [1.29, 1.82) is 0 Å². The van der Waals surface area contributed by atoms with Crippen molar-refractivity contribution >= 4 is 29.4 Å². The summed E-state index contributed by atoms with van der Waals surface area (Å²) in [5.41, 5.74) is 11.0. The lowest BCUT2D eigenvalue weighted by molar-refractivity contribution is 1.46. The van der Waals surface area contributed by atoms with E-state index in [1.165, 1.54) is 0 Å². The molecule has 4 heteroatoms. The van der Waals surface area contributed by atoms with E-state index in [0.29, 0.717) is 10.7 Å². The highest BCUT2D eigenvalue weighted by Crippen LogP contribution is 2.21. The normalized spacial score (nSPS) is 10.3. The Balaban J connectivity index is 2.28. The van der Waals surface area contributed by atoms with Gasteiger partial charge >= 0.3 is 0 Å². The summed E-state index contributed by atoms with van der Waals surface area (Å²) >= 11 is 5.82. The van der Waals surface area contributed by atoms with Crippen molar-refractivity contribution in [3.8, 4) is 0 Å². The van der Waals surface area contributed by atoms with E-state index in [0.717, 1.165) is 11.1 Å². The Bertz CT molecular complexity index is 611. The lowest BCUT2D eigenvalue weighted by atomic mass is 10.1. The third kappa shape index (κ3) is 3.14. The van der Waals surface area contributed by atoms with E-state index in [-0.39, 0.29) is 0 Å². The molecule has 0 N–H and O–H groups in total. The molecule has 0 aliphatic heterocycles. The third-order valence-corrected chi connectivity index (χ3v) is 2.67. The molecule has 3 nitrogen and oxygen atoms in total. The second-order valence-electron chi connectivity index (χ2n) is 3.63. The molecule has 0 saturated heterocycles. The Morgan fingerprint density at radius 1 is 1.00 bits per heavy atom. The van der Waals surface area contributed by atoms with Crippen LogP contribution in [-0.4, -0.2) is 0 Å². The van der Waals surface area contributed by atoms with Crippen LogP contribution in [0.2, 0.25) is 5.02 Å². The molecular weight excluding hydrogens is 246 g/mol. The van der Waals surface area contributed by atoms with Crippen LogP contribution in [0.3, 0.4) is 0 Å². The van der Waals surface area contributed by atoms with E-state index in [9.17, 15) is 0 Å². The Morgan fingerprint density at radius 2 is 1.72 bits per heavy atom. The van der Waals surface area contributed by atoms with E-state index in [1.807, 2.05) is 54.6 Å². The van der Waals surface area contributed by atoms with Gasteiger partial charge < -0.3 is 0 Å². The number of hydrogen-bond donors (Lipinski definition) is 0. The number of hydrogen-bond acceptors (Lipinski definition) is 1. The van der Waals surface area contributed by atoms with E-state index in [2.05, 4.69) is 10.0 Å². The van der Waals surface area contributed by atoms with Crippen LogP contribution in [0.25, 0.3) is 22.6 Å². The zero-order valence-corrected chi connectivity index (χ0v) is 10.2. The number of nitrogens with zero attached hydrogens (tertiary/aromatic N) is 3. The van der Waals surface area contributed by atoms with Crippen LogP contribution in [0.1, 0.15) is 11.1 Å². The average molecular weight is 256 g/mol. The molecule has 18 heavy (non-hydrogen) atoms. The molecule has 0 unspecified atom stereocenters. The first-order chi connectivity index (χ1) is 8.79. The van der Waals surface area contributed by atoms with Crippen LogP contribution in [0.5, 0.6) is 0 Å². The fourth-order valence-electron chi connectivity index (χ4n) is 1.53. The van der Waals surface area contributed by atoms with Gasteiger partial charge in [-0.1, -0.05) is 65.3 Å². The lowest BCUT2D eigenvalue weighted by Gasteiger charge is -1.98. The van der Waals surface area contributed by atoms with Gasteiger partial charge in [0.05, 0.1) is 0 Å². The van der Waals surface area contributed by atoms with Crippen LogP contribution in [0, 0.1) is 0 Å². The fourth-order valence-corrected chi connectivity index (χ4v) is 1.65.